The van der Waals surface area contributed by atoms with Gasteiger partial charge in [-0.3, -0.25) is 0 Å². The van der Waals surface area contributed by atoms with E-state index >= 15 is 0 Å². The van der Waals surface area contributed by atoms with Crippen molar-refractivity contribution in [2.75, 3.05) is 53.0 Å². The van der Waals surface area contributed by atoms with Gasteiger partial charge >= 0.3 is 6.09 Å². The zero-order chi connectivity index (χ0) is 41.3. The van der Waals surface area contributed by atoms with Gasteiger partial charge in [0.1, 0.15) is 37.7 Å². The molecule has 3 aromatic carbocycles. The highest BCUT2D eigenvalue weighted by Gasteiger charge is 2.34. The van der Waals surface area contributed by atoms with Gasteiger partial charge in [0.25, 0.3) is 0 Å². The number of carbonyl (C=O) groups is 1. The number of sulfonamides is 1. The highest BCUT2D eigenvalue weighted by atomic mass is 32.2. The molecule has 1 atom stereocenters. The van der Waals surface area contributed by atoms with E-state index < -0.39 is 32.0 Å². The average Bonchev–Trinajstić information content (AvgIpc) is 3.52. The summed E-state index contributed by atoms with van der Waals surface area (Å²) in [5, 5.41) is 0. The Hall–Kier alpha value is -3.29. The number of hydrogen-bond donors (Lipinski definition) is 0. The van der Waals surface area contributed by atoms with Gasteiger partial charge in [-0.1, -0.05) is 69.6 Å². The maximum Gasteiger partial charge on any atom is 0.410 e. The molecule has 2 heterocycles. The van der Waals surface area contributed by atoms with Gasteiger partial charge in [-0.05, 0) is 71.6 Å². The van der Waals surface area contributed by atoms with Gasteiger partial charge in [0.05, 0.1) is 31.3 Å². The number of nitrogens with zero attached hydrogens (tertiary/aromatic N) is 2. The molecule has 0 radical (unpaired) electrons. The third-order valence-corrected chi connectivity index (χ3v) is 14.8. The summed E-state index contributed by atoms with van der Waals surface area (Å²) >= 11 is 0. The second kappa shape index (κ2) is 19.6. The molecule has 2 aliphatic rings. The van der Waals surface area contributed by atoms with Crippen molar-refractivity contribution in [3.63, 3.8) is 0 Å². The molecular weight excluding hydrogens is 781 g/mol. The van der Waals surface area contributed by atoms with E-state index in [1.54, 1.807) is 23.1 Å². The molecule has 1 amide bonds. The van der Waals surface area contributed by atoms with Crippen LogP contribution in [0.25, 0.3) is 0 Å². The molecule has 15 heteroatoms. The summed E-state index contributed by atoms with van der Waals surface area (Å²) in [7, 11) is -6.52. The van der Waals surface area contributed by atoms with Gasteiger partial charge in [0.2, 0.25) is 15.8 Å². The molecule has 0 aromatic heterocycles. The SMILES string of the molecule is CC1(C)OCc2cc(C3CN(CCc4ccc(OCCOCc5cccc(S(=O)(=O)N(COCC[Si](C)(C)C)COCC[Si](C)(C)C)c5)cc4)C(=O)O3)ccc2O1. The Bertz CT molecular complexity index is 1860. The molecule has 0 aliphatic carbocycles. The Kier molecular flexibility index (Phi) is 15.4. The second-order valence-corrected chi connectivity index (χ2v) is 30.8. The molecule has 57 heavy (non-hydrogen) atoms. The first-order chi connectivity index (χ1) is 26.9. The van der Waals surface area contributed by atoms with E-state index in [0.29, 0.717) is 58.3 Å². The first kappa shape index (κ1) is 44.8. The van der Waals surface area contributed by atoms with Crippen LogP contribution in [-0.2, 0) is 53.3 Å². The molecule has 1 unspecified atom stereocenters. The van der Waals surface area contributed by atoms with E-state index in [1.807, 2.05) is 62.4 Å². The van der Waals surface area contributed by atoms with Crippen LogP contribution in [0.1, 0.15) is 42.2 Å². The number of benzene rings is 3. The topological polar surface area (TPSA) is 122 Å². The zero-order valence-electron chi connectivity index (χ0n) is 35.0. The summed E-state index contributed by atoms with van der Waals surface area (Å²) in [6.07, 6.45) is 0.00908. The largest absolute Gasteiger partial charge is 0.491 e. The fourth-order valence-corrected chi connectivity index (χ4v) is 8.85. The van der Waals surface area contributed by atoms with Gasteiger partial charge in [-0.15, -0.1) is 4.31 Å². The van der Waals surface area contributed by atoms with E-state index in [-0.39, 0.29) is 37.2 Å². The van der Waals surface area contributed by atoms with Crippen LogP contribution < -0.4 is 9.47 Å². The fraction of sp³-hybridized carbons (Fsp3) is 0.548. The first-order valence-corrected chi connectivity index (χ1v) is 28.7. The minimum absolute atomic E-state index is 0.0607. The molecule has 1 fully saturated rings. The van der Waals surface area contributed by atoms with E-state index in [0.717, 1.165) is 40.1 Å². The predicted octanol–water partition coefficient (Wildman–Crippen LogP) is 8.28. The van der Waals surface area contributed by atoms with Gasteiger partial charge in [-0.25, -0.2) is 13.2 Å². The monoisotopic (exact) mass is 842 g/mol. The number of ether oxygens (including phenoxy) is 7. The van der Waals surface area contributed by atoms with Crippen molar-refractivity contribution >= 4 is 32.3 Å². The van der Waals surface area contributed by atoms with E-state index in [9.17, 15) is 13.2 Å². The number of hydrogen-bond acceptors (Lipinski definition) is 10. The number of amides is 1. The molecule has 0 spiro atoms. The number of cyclic esters (lactones) is 1. The minimum atomic E-state index is -3.87. The summed E-state index contributed by atoms with van der Waals surface area (Å²) < 4.78 is 69.7. The smallest absolute Gasteiger partial charge is 0.410 e. The van der Waals surface area contributed by atoms with Crippen LogP contribution >= 0.6 is 0 Å². The van der Waals surface area contributed by atoms with Crippen LogP contribution in [0.4, 0.5) is 4.79 Å². The summed E-state index contributed by atoms with van der Waals surface area (Å²) in [4.78, 5) is 14.6. The van der Waals surface area contributed by atoms with Gasteiger partial charge in [0.15, 0.2) is 0 Å². The Morgan fingerprint density at radius 1 is 0.825 bits per heavy atom. The summed E-state index contributed by atoms with van der Waals surface area (Å²) in [6, 6.07) is 22.4. The molecule has 2 aliphatic heterocycles. The quantitative estimate of drug-likeness (QED) is 0.0555. The third-order valence-electron chi connectivity index (χ3n) is 9.63. The molecular formula is C42H62N2O10SSi2. The Balaban J connectivity index is 1.04. The van der Waals surface area contributed by atoms with Crippen molar-refractivity contribution in [1.82, 2.24) is 9.21 Å². The van der Waals surface area contributed by atoms with Crippen LogP contribution in [0.15, 0.2) is 71.6 Å². The molecule has 0 bridgehead atoms. The maximum absolute atomic E-state index is 13.8. The molecule has 3 aromatic rings. The summed E-state index contributed by atoms with van der Waals surface area (Å²) in [5.41, 5.74) is 3.68. The Labute approximate surface area is 341 Å². The highest BCUT2D eigenvalue weighted by molar-refractivity contribution is 7.89. The number of fused-ring (bicyclic) bond motifs is 1. The Morgan fingerprint density at radius 3 is 2.18 bits per heavy atom. The van der Waals surface area contributed by atoms with E-state index in [4.69, 9.17) is 33.2 Å². The lowest BCUT2D eigenvalue weighted by Crippen LogP contribution is -2.36. The van der Waals surface area contributed by atoms with Crippen LogP contribution in [0.5, 0.6) is 11.5 Å². The van der Waals surface area contributed by atoms with Crippen molar-refractivity contribution in [1.29, 1.82) is 0 Å². The standard InChI is InChI=1S/C42H62N2O10SSi2/c1-42(2)52-30-36-27-35(14-17-39(36)54-42)40-28-43(41(45)53-40)19-18-33-12-15-37(16-13-33)51-21-20-48-29-34-10-9-11-38(26-34)55(46,47)44(31-49-22-24-56(3,4)5)32-50-23-25-57(6,7)8/h9-17,26-27,40H,18-25,28-32H2,1-8H3. The number of carbonyl (C=O) groups excluding carboxylic acids is 1. The molecule has 1 saturated heterocycles. The van der Waals surface area contributed by atoms with Crippen LogP contribution in [0.3, 0.4) is 0 Å². The molecule has 12 nitrogen and oxygen atoms in total. The van der Waals surface area contributed by atoms with Crippen molar-refractivity contribution in [3.05, 3.63) is 89.0 Å². The highest BCUT2D eigenvalue weighted by Crippen LogP contribution is 2.35. The normalized spacial score (nSPS) is 17.0. The Morgan fingerprint density at radius 2 is 1.51 bits per heavy atom. The van der Waals surface area contributed by atoms with Gasteiger partial charge < -0.3 is 38.1 Å². The van der Waals surface area contributed by atoms with Crippen molar-refractivity contribution in [3.8, 4) is 11.5 Å². The first-order valence-electron chi connectivity index (χ1n) is 19.8. The van der Waals surface area contributed by atoms with Crippen LogP contribution in [0, 0.1) is 0 Å². The van der Waals surface area contributed by atoms with Crippen LogP contribution in [-0.4, -0.2) is 98.6 Å². The third kappa shape index (κ3) is 14.2. The zero-order valence-corrected chi connectivity index (χ0v) is 37.8. The lowest BCUT2D eigenvalue weighted by Gasteiger charge is -2.32. The van der Waals surface area contributed by atoms with Crippen LogP contribution in [0.2, 0.25) is 51.4 Å². The predicted molar refractivity (Wildman–Crippen MR) is 225 cm³/mol. The fourth-order valence-electron chi connectivity index (χ4n) is 6.06. The lowest BCUT2D eigenvalue weighted by atomic mass is 10.0. The second-order valence-electron chi connectivity index (χ2n) is 17.6. The summed E-state index contributed by atoms with van der Waals surface area (Å²) in [6.45, 7) is 20.6. The maximum atomic E-state index is 13.8. The molecule has 0 saturated carbocycles. The molecule has 314 valence electrons. The van der Waals surface area contributed by atoms with Crippen molar-refractivity contribution in [2.45, 2.75) is 102 Å². The van der Waals surface area contributed by atoms with E-state index in [1.165, 1.54) is 4.31 Å². The van der Waals surface area contributed by atoms with E-state index in [2.05, 4.69) is 39.3 Å². The van der Waals surface area contributed by atoms with Gasteiger partial charge in [-0.2, -0.15) is 0 Å². The lowest BCUT2D eigenvalue weighted by molar-refractivity contribution is -0.180. The summed E-state index contributed by atoms with van der Waals surface area (Å²) in [5.74, 6) is 0.835. The molecule has 5 rings (SSSR count). The average molecular weight is 843 g/mol. The minimum Gasteiger partial charge on any atom is -0.491 e. The number of rotatable bonds is 22. The molecule has 0 N–H and O–H groups in total. The van der Waals surface area contributed by atoms with Crippen molar-refractivity contribution in [2.24, 2.45) is 0 Å². The van der Waals surface area contributed by atoms with Crippen molar-refractivity contribution < 1.29 is 46.4 Å². The van der Waals surface area contributed by atoms with Gasteiger partial charge in [0, 0.05) is 55.3 Å².